The number of benzene rings is 2. The first kappa shape index (κ1) is 22.2. The molecule has 2 N–H and O–H groups in total. The second kappa shape index (κ2) is 9.36. The van der Waals surface area contributed by atoms with Crippen molar-refractivity contribution in [1.82, 2.24) is 24.5 Å². The number of fused-ring (bicyclic) bond motifs is 1. The highest BCUT2D eigenvalue weighted by Crippen LogP contribution is 2.36. The van der Waals surface area contributed by atoms with Crippen molar-refractivity contribution in [2.24, 2.45) is 0 Å². The van der Waals surface area contributed by atoms with Gasteiger partial charge in [-0.05, 0) is 51.2 Å². The van der Waals surface area contributed by atoms with Gasteiger partial charge in [-0.15, -0.1) is 0 Å². The number of ether oxygens (including phenoxy) is 2. The Kier molecular flexibility index (Phi) is 6.12. The van der Waals surface area contributed by atoms with Crippen molar-refractivity contribution >= 4 is 11.3 Å². The molecule has 2 atom stereocenters. The van der Waals surface area contributed by atoms with Crippen LogP contribution in [0.15, 0.2) is 54.9 Å². The quantitative estimate of drug-likeness (QED) is 0.461. The van der Waals surface area contributed by atoms with Crippen LogP contribution >= 0.6 is 0 Å². The number of aromatic nitrogens is 4. The summed E-state index contributed by atoms with van der Waals surface area (Å²) >= 11 is 0. The van der Waals surface area contributed by atoms with Gasteiger partial charge in [0, 0.05) is 24.1 Å². The summed E-state index contributed by atoms with van der Waals surface area (Å²) in [5.74, 6) is 1.54. The van der Waals surface area contributed by atoms with Crippen LogP contribution in [0.25, 0.3) is 16.8 Å². The maximum Gasteiger partial charge on any atom is 0.153 e. The lowest BCUT2D eigenvalue weighted by atomic mass is 9.97. The number of para-hydroxylation sites is 1. The molecule has 1 saturated heterocycles. The molecule has 0 spiro atoms. The zero-order valence-corrected chi connectivity index (χ0v) is 19.2. The second-order valence-electron chi connectivity index (χ2n) is 8.77. The molecule has 0 radical (unpaired) electrons. The average molecular weight is 463 g/mol. The summed E-state index contributed by atoms with van der Waals surface area (Å²) in [5.41, 5.74) is 7.41. The van der Waals surface area contributed by atoms with Crippen molar-refractivity contribution in [3.8, 4) is 22.8 Å². The van der Waals surface area contributed by atoms with Crippen LogP contribution in [0.4, 0.5) is 10.2 Å². The van der Waals surface area contributed by atoms with Crippen LogP contribution in [0.5, 0.6) is 11.5 Å². The van der Waals surface area contributed by atoms with Gasteiger partial charge in [0.05, 0.1) is 12.7 Å². The number of hydrogen-bond acceptors (Lipinski definition) is 7. The SMILES string of the molecule is CN(C)CC1CCC(c2nc(-c3ccc(Oc4ccccc4)cc3F)c3c(N)ncnn23)CO1. The Morgan fingerprint density at radius 3 is 2.68 bits per heavy atom. The van der Waals surface area contributed by atoms with E-state index in [-0.39, 0.29) is 17.8 Å². The zero-order valence-electron chi connectivity index (χ0n) is 19.2. The van der Waals surface area contributed by atoms with Crippen LogP contribution in [-0.2, 0) is 4.74 Å². The van der Waals surface area contributed by atoms with Gasteiger partial charge in [0.2, 0.25) is 0 Å². The molecule has 5 rings (SSSR count). The van der Waals surface area contributed by atoms with E-state index >= 15 is 4.39 Å². The molecule has 0 bridgehead atoms. The Hall–Kier alpha value is -3.56. The van der Waals surface area contributed by atoms with E-state index in [0.29, 0.717) is 40.7 Å². The summed E-state index contributed by atoms with van der Waals surface area (Å²) in [6.07, 6.45) is 3.38. The molecule has 8 nitrogen and oxygen atoms in total. The molecule has 2 unspecified atom stereocenters. The van der Waals surface area contributed by atoms with E-state index in [9.17, 15) is 0 Å². The van der Waals surface area contributed by atoms with Crippen molar-refractivity contribution in [1.29, 1.82) is 0 Å². The van der Waals surface area contributed by atoms with Gasteiger partial charge in [-0.2, -0.15) is 5.10 Å². The minimum absolute atomic E-state index is 0.0257. The Balaban J connectivity index is 1.47. The van der Waals surface area contributed by atoms with E-state index in [1.165, 1.54) is 12.4 Å². The molecule has 1 fully saturated rings. The third kappa shape index (κ3) is 4.44. The molecule has 176 valence electrons. The third-order valence-electron chi connectivity index (χ3n) is 5.96. The highest BCUT2D eigenvalue weighted by atomic mass is 19.1. The van der Waals surface area contributed by atoms with E-state index in [4.69, 9.17) is 20.2 Å². The van der Waals surface area contributed by atoms with E-state index < -0.39 is 5.82 Å². The van der Waals surface area contributed by atoms with E-state index in [2.05, 4.69) is 15.0 Å². The lowest BCUT2D eigenvalue weighted by molar-refractivity contribution is -0.0106. The second-order valence-corrected chi connectivity index (χ2v) is 8.77. The van der Waals surface area contributed by atoms with Gasteiger partial charge in [0.15, 0.2) is 5.82 Å². The number of nitrogens with two attached hydrogens (primary N) is 1. The fourth-order valence-corrected chi connectivity index (χ4v) is 4.37. The first-order valence-electron chi connectivity index (χ1n) is 11.3. The van der Waals surface area contributed by atoms with Gasteiger partial charge in [-0.1, -0.05) is 18.2 Å². The molecule has 3 heterocycles. The number of imidazole rings is 1. The van der Waals surface area contributed by atoms with Crippen LogP contribution in [-0.4, -0.2) is 57.8 Å². The molecular weight excluding hydrogens is 435 g/mol. The molecule has 2 aromatic heterocycles. The molecule has 1 aliphatic heterocycles. The first-order chi connectivity index (χ1) is 16.5. The minimum atomic E-state index is -0.464. The summed E-state index contributed by atoms with van der Waals surface area (Å²) < 4.78 is 28.8. The molecular formula is C25H27FN6O2. The van der Waals surface area contributed by atoms with Gasteiger partial charge in [-0.25, -0.2) is 18.9 Å². The highest BCUT2D eigenvalue weighted by Gasteiger charge is 2.29. The summed E-state index contributed by atoms with van der Waals surface area (Å²) in [5, 5.41) is 4.39. The number of nitrogens with zero attached hydrogens (tertiary/aromatic N) is 5. The van der Waals surface area contributed by atoms with Crippen LogP contribution in [0, 0.1) is 5.82 Å². The van der Waals surface area contributed by atoms with E-state index in [1.54, 1.807) is 16.6 Å². The zero-order chi connectivity index (χ0) is 23.7. The van der Waals surface area contributed by atoms with Crippen LogP contribution in [0.3, 0.4) is 0 Å². The third-order valence-corrected chi connectivity index (χ3v) is 5.96. The molecule has 0 saturated carbocycles. The highest BCUT2D eigenvalue weighted by molar-refractivity contribution is 5.85. The summed E-state index contributed by atoms with van der Waals surface area (Å²) in [6, 6.07) is 14.0. The Morgan fingerprint density at radius 2 is 1.97 bits per heavy atom. The molecule has 1 aliphatic rings. The Labute approximate surface area is 197 Å². The standard InChI is InChI=1S/C25H27FN6O2/c1-31(2)13-19-9-8-16(14-33-19)25-30-22(23-24(27)28-15-29-32(23)25)20-11-10-18(12-21(20)26)34-17-6-4-3-5-7-17/h3-7,10-12,15-16,19H,8-9,13-14H2,1-2H3,(H2,27,28,29). The predicted molar refractivity (Wildman–Crippen MR) is 127 cm³/mol. The van der Waals surface area contributed by atoms with E-state index in [0.717, 1.165) is 19.4 Å². The molecule has 0 amide bonds. The molecule has 2 aromatic carbocycles. The minimum Gasteiger partial charge on any atom is -0.457 e. The predicted octanol–water partition coefficient (Wildman–Crippen LogP) is 4.13. The van der Waals surface area contributed by atoms with E-state index in [1.807, 2.05) is 44.4 Å². The Bertz CT molecular complexity index is 1290. The Morgan fingerprint density at radius 1 is 1.15 bits per heavy atom. The fraction of sp³-hybridized carbons (Fsp3) is 0.320. The smallest absolute Gasteiger partial charge is 0.153 e. The number of hydrogen-bond donors (Lipinski definition) is 1. The first-order valence-corrected chi connectivity index (χ1v) is 11.3. The molecule has 9 heteroatoms. The van der Waals surface area contributed by atoms with Crippen molar-refractivity contribution in [3.63, 3.8) is 0 Å². The fourth-order valence-electron chi connectivity index (χ4n) is 4.37. The monoisotopic (exact) mass is 462 g/mol. The molecule has 34 heavy (non-hydrogen) atoms. The largest absolute Gasteiger partial charge is 0.457 e. The summed E-state index contributed by atoms with van der Waals surface area (Å²) in [6.45, 7) is 1.39. The van der Waals surface area contributed by atoms with Gasteiger partial charge >= 0.3 is 0 Å². The van der Waals surface area contributed by atoms with Crippen LogP contribution in [0.1, 0.15) is 24.6 Å². The van der Waals surface area contributed by atoms with Crippen molar-refractivity contribution in [3.05, 3.63) is 66.5 Å². The van der Waals surface area contributed by atoms with Crippen molar-refractivity contribution in [2.45, 2.75) is 24.9 Å². The van der Waals surface area contributed by atoms with Gasteiger partial charge in [-0.3, -0.25) is 0 Å². The average Bonchev–Trinajstić information content (AvgIpc) is 3.21. The number of anilines is 1. The number of likely N-dealkylation sites (N-methyl/N-ethyl adjacent to an activating group) is 1. The number of rotatable bonds is 6. The van der Waals surface area contributed by atoms with Gasteiger partial charge in [0.25, 0.3) is 0 Å². The van der Waals surface area contributed by atoms with Crippen molar-refractivity contribution in [2.75, 3.05) is 33.0 Å². The van der Waals surface area contributed by atoms with Gasteiger partial charge < -0.3 is 20.1 Å². The van der Waals surface area contributed by atoms with Crippen LogP contribution in [0.2, 0.25) is 0 Å². The maximum absolute atomic E-state index is 15.3. The maximum atomic E-state index is 15.3. The lowest BCUT2D eigenvalue weighted by Crippen LogP contribution is -2.34. The topological polar surface area (TPSA) is 90.8 Å². The molecule has 4 aromatic rings. The number of nitrogen functional groups attached to an aromatic ring is 1. The lowest BCUT2D eigenvalue weighted by Gasteiger charge is -2.29. The van der Waals surface area contributed by atoms with Crippen molar-refractivity contribution < 1.29 is 13.9 Å². The van der Waals surface area contributed by atoms with Crippen LogP contribution < -0.4 is 10.5 Å². The normalized spacial score (nSPS) is 18.5. The summed E-state index contributed by atoms with van der Waals surface area (Å²) in [4.78, 5) is 11.1. The van der Waals surface area contributed by atoms with Gasteiger partial charge in [0.1, 0.15) is 40.7 Å². The summed E-state index contributed by atoms with van der Waals surface area (Å²) in [7, 11) is 4.07. The molecule has 0 aliphatic carbocycles. The number of halogens is 1.